The maximum atomic E-state index is 12.7. The molecule has 1 aliphatic heterocycles. The van der Waals surface area contributed by atoms with E-state index in [0.29, 0.717) is 5.75 Å². The van der Waals surface area contributed by atoms with Crippen LogP contribution in [0.25, 0.3) is 0 Å². The van der Waals surface area contributed by atoms with Gasteiger partial charge in [0.1, 0.15) is 17.1 Å². The lowest BCUT2D eigenvalue weighted by atomic mass is 10.0. The first kappa shape index (κ1) is 18.0. The van der Waals surface area contributed by atoms with E-state index >= 15 is 0 Å². The molecule has 7 heteroatoms. The van der Waals surface area contributed by atoms with Crippen LogP contribution in [0, 0.1) is 0 Å². The highest BCUT2D eigenvalue weighted by atomic mass is 28.3. The van der Waals surface area contributed by atoms with Crippen molar-refractivity contribution in [3.05, 3.63) is 47.0 Å². The van der Waals surface area contributed by atoms with Crippen LogP contribution in [0.1, 0.15) is 38.7 Å². The smallest absolute Gasteiger partial charge is 0.335 e. The second kappa shape index (κ2) is 6.17. The van der Waals surface area contributed by atoms with E-state index in [2.05, 4.69) is 31.9 Å². The molecular weight excluding hydrogens is 350 g/mol. The molecule has 3 rings (SSSR count). The molecule has 0 fully saturated rings. The number of anilines is 1. The number of carbonyl (C=O) groups is 2. The summed E-state index contributed by atoms with van der Waals surface area (Å²) in [7, 11) is -1.59. The fraction of sp³-hybridized carbons (Fsp3) is 0.263. The van der Waals surface area contributed by atoms with Gasteiger partial charge in [0.15, 0.2) is 5.75 Å². The van der Waals surface area contributed by atoms with Crippen molar-refractivity contribution in [3.8, 4) is 17.2 Å². The molecule has 1 atom stereocenters. The summed E-state index contributed by atoms with van der Waals surface area (Å²) >= 11 is 0. The predicted octanol–water partition coefficient (Wildman–Crippen LogP) is 4.43. The fourth-order valence-corrected chi connectivity index (χ4v) is 4.03. The maximum Gasteiger partial charge on any atom is 0.335 e. The molecule has 1 heterocycles. The molecule has 0 radical (unpaired) electrons. The predicted molar refractivity (Wildman–Crippen MR) is 101 cm³/mol. The minimum Gasteiger partial charge on any atom is -0.507 e. The van der Waals surface area contributed by atoms with Crippen LogP contribution in [0.15, 0.2) is 30.3 Å². The molecule has 136 valence electrons. The lowest BCUT2D eigenvalue weighted by molar-refractivity contribution is 0.0696. The number of benzene rings is 2. The Morgan fingerprint density at radius 3 is 2.42 bits per heavy atom. The number of rotatable bonds is 3. The molecule has 26 heavy (non-hydrogen) atoms. The lowest BCUT2D eigenvalue weighted by Crippen LogP contribution is -2.29. The van der Waals surface area contributed by atoms with Gasteiger partial charge in [-0.3, -0.25) is 4.79 Å². The number of aromatic hydroxyl groups is 1. The van der Waals surface area contributed by atoms with E-state index in [1.54, 1.807) is 12.1 Å². The van der Waals surface area contributed by atoms with Gasteiger partial charge >= 0.3 is 5.97 Å². The van der Waals surface area contributed by atoms with Crippen molar-refractivity contribution in [2.24, 2.45) is 0 Å². The third kappa shape index (κ3) is 3.06. The number of carboxylic acids is 1. The number of phenols is 1. The molecular formula is C19H21NO5Si. The highest BCUT2D eigenvalue weighted by Gasteiger charge is 2.31. The van der Waals surface area contributed by atoms with Crippen LogP contribution in [0.2, 0.25) is 19.6 Å². The maximum absolute atomic E-state index is 12.7. The van der Waals surface area contributed by atoms with Gasteiger partial charge in [-0.2, -0.15) is 0 Å². The van der Waals surface area contributed by atoms with Crippen LogP contribution < -0.4 is 10.1 Å². The molecule has 0 aliphatic carbocycles. The van der Waals surface area contributed by atoms with Crippen LogP contribution in [-0.2, 0) is 0 Å². The van der Waals surface area contributed by atoms with E-state index in [0.717, 1.165) is 5.56 Å². The summed E-state index contributed by atoms with van der Waals surface area (Å²) in [5.41, 5.74) is 1.23. The van der Waals surface area contributed by atoms with Crippen molar-refractivity contribution in [2.75, 3.05) is 5.32 Å². The zero-order valence-corrected chi connectivity index (χ0v) is 16.1. The third-order valence-electron chi connectivity index (χ3n) is 4.86. The molecule has 0 aromatic heterocycles. The number of fused-ring (bicyclic) bond motifs is 2. The SMILES string of the molecule is CC(c1ccc2c(c1O)C(=O)Nc1cc(C(=O)O)ccc1O2)[Si](C)(C)C. The number of ether oxygens (including phenoxy) is 1. The number of amides is 1. The molecule has 6 nitrogen and oxygen atoms in total. The van der Waals surface area contributed by atoms with E-state index in [1.807, 2.05) is 0 Å². The number of nitrogens with one attached hydrogen (secondary N) is 1. The monoisotopic (exact) mass is 371 g/mol. The van der Waals surface area contributed by atoms with Crippen molar-refractivity contribution in [1.82, 2.24) is 0 Å². The summed E-state index contributed by atoms with van der Waals surface area (Å²) in [6.45, 7) is 8.64. The standard InChI is InChI=1S/C19H21NO5Si/c1-10(26(2,3)4)12-6-8-15-16(17(12)21)18(22)20-13-9-11(19(23)24)5-7-14(13)25-15/h5-10,21H,1-4H3,(H,20,22)(H,23,24). The van der Waals surface area contributed by atoms with Crippen molar-refractivity contribution < 1.29 is 24.5 Å². The average Bonchev–Trinajstić information content (AvgIpc) is 2.68. The van der Waals surface area contributed by atoms with Crippen LogP contribution in [0.5, 0.6) is 17.2 Å². The number of carbonyl (C=O) groups excluding carboxylic acids is 1. The van der Waals surface area contributed by atoms with Gasteiger partial charge in [0.2, 0.25) is 0 Å². The highest BCUT2D eigenvalue weighted by Crippen LogP contribution is 2.43. The zero-order valence-electron chi connectivity index (χ0n) is 15.1. The Kier molecular flexibility index (Phi) is 4.27. The van der Waals surface area contributed by atoms with E-state index in [1.165, 1.54) is 18.2 Å². The molecule has 1 amide bonds. The Balaban J connectivity index is 2.10. The van der Waals surface area contributed by atoms with Gasteiger partial charge in [0.05, 0.1) is 19.3 Å². The molecule has 0 spiro atoms. The van der Waals surface area contributed by atoms with Gasteiger partial charge in [0.25, 0.3) is 5.91 Å². The molecule has 2 aromatic carbocycles. The van der Waals surface area contributed by atoms with Crippen LogP contribution in [0.4, 0.5) is 5.69 Å². The van der Waals surface area contributed by atoms with Crippen LogP contribution >= 0.6 is 0 Å². The molecule has 0 bridgehead atoms. The molecule has 3 N–H and O–H groups in total. The van der Waals surface area contributed by atoms with Crippen LogP contribution in [-0.4, -0.2) is 30.2 Å². The van der Waals surface area contributed by atoms with Crippen molar-refractivity contribution in [2.45, 2.75) is 32.1 Å². The summed E-state index contributed by atoms with van der Waals surface area (Å²) in [6.07, 6.45) is 0. The fourth-order valence-electron chi connectivity index (χ4n) is 2.86. The second-order valence-corrected chi connectivity index (χ2v) is 13.1. The first-order valence-electron chi connectivity index (χ1n) is 8.32. The van der Waals surface area contributed by atoms with Crippen molar-refractivity contribution in [1.29, 1.82) is 0 Å². The number of hydrogen-bond donors (Lipinski definition) is 3. The summed E-state index contributed by atoms with van der Waals surface area (Å²) in [6, 6.07) is 7.70. The third-order valence-corrected chi connectivity index (χ3v) is 7.77. The first-order chi connectivity index (χ1) is 12.1. The minimum atomic E-state index is -1.59. The molecule has 0 saturated heterocycles. The van der Waals surface area contributed by atoms with E-state index < -0.39 is 20.0 Å². The van der Waals surface area contributed by atoms with Crippen molar-refractivity contribution in [3.63, 3.8) is 0 Å². The number of aromatic carboxylic acids is 1. The van der Waals surface area contributed by atoms with E-state index in [-0.39, 0.29) is 33.9 Å². The van der Waals surface area contributed by atoms with Gasteiger partial charge in [0, 0.05) is 0 Å². The Hall–Kier alpha value is -2.80. The number of phenolic OH excluding ortho intramolecular Hbond substituents is 1. The summed E-state index contributed by atoms with van der Waals surface area (Å²) in [4.78, 5) is 23.9. The average molecular weight is 371 g/mol. The summed E-state index contributed by atoms with van der Waals surface area (Å²) in [5, 5.41) is 22.5. The van der Waals surface area contributed by atoms with Gasteiger partial charge in [-0.25, -0.2) is 4.79 Å². The molecule has 1 unspecified atom stereocenters. The topological polar surface area (TPSA) is 95.9 Å². The zero-order chi connectivity index (χ0) is 19.2. The number of carboxylic acid groups (broad SMARTS) is 1. The molecule has 1 aliphatic rings. The van der Waals surface area contributed by atoms with E-state index in [4.69, 9.17) is 9.84 Å². The van der Waals surface area contributed by atoms with Crippen LogP contribution in [0.3, 0.4) is 0 Å². The quantitative estimate of drug-likeness (QED) is 0.694. The lowest BCUT2D eigenvalue weighted by Gasteiger charge is -2.27. The highest BCUT2D eigenvalue weighted by molar-refractivity contribution is 6.77. The largest absolute Gasteiger partial charge is 0.507 e. The molecule has 2 aromatic rings. The van der Waals surface area contributed by atoms with Gasteiger partial charge in [-0.05, 0) is 35.4 Å². The van der Waals surface area contributed by atoms with Gasteiger partial charge in [-0.15, -0.1) is 0 Å². The Morgan fingerprint density at radius 1 is 1.15 bits per heavy atom. The van der Waals surface area contributed by atoms with E-state index in [9.17, 15) is 14.7 Å². The second-order valence-electron chi connectivity index (χ2n) is 7.54. The van der Waals surface area contributed by atoms with Crippen molar-refractivity contribution >= 4 is 25.6 Å². The minimum absolute atomic E-state index is 0.0378. The Labute approximate surface area is 152 Å². The molecule has 0 saturated carbocycles. The first-order valence-corrected chi connectivity index (χ1v) is 11.9. The van der Waals surface area contributed by atoms with Gasteiger partial charge < -0.3 is 20.3 Å². The van der Waals surface area contributed by atoms with Gasteiger partial charge in [-0.1, -0.05) is 32.6 Å². The summed E-state index contributed by atoms with van der Waals surface area (Å²) in [5.74, 6) is -1.14. The number of hydrogen-bond acceptors (Lipinski definition) is 4. The normalized spacial score (nSPS) is 14.4. The summed E-state index contributed by atoms with van der Waals surface area (Å²) < 4.78 is 5.78. The Morgan fingerprint density at radius 2 is 1.81 bits per heavy atom. The Bertz CT molecular complexity index is 917.